The molecule has 1 saturated carbocycles. The van der Waals surface area contributed by atoms with Crippen LogP contribution in [0.2, 0.25) is 0 Å². The third-order valence-electron chi connectivity index (χ3n) is 3.98. The van der Waals surface area contributed by atoms with Crippen molar-refractivity contribution in [3.05, 3.63) is 16.1 Å². The molecule has 0 aliphatic heterocycles. The molecule has 2 rings (SSSR count). The number of nitrogens with zero attached hydrogens (tertiary/aromatic N) is 3. The molecule has 1 aliphatic carbocycles. The van der Waals surface area contributed by atoms with E-state index in [0.717, 1.165) is 49.3 Å². The van der Waals surface area contributed by atoms with Gasteiger partial charge in [0.2, 0.25) is 0 Å². The largest absolute Gasteiger partial charge is 0.378 e. The van der Waals surface area contributed by atoms with Crippen molar-refractivity contribution in [1.29, 1.82) is 0 Å². The number of nitrogens with one attached hydrogen (secondary N) is 1. The molecule has 1 N–H and O–H groups in total. The Morgan fingerprint density at radius 3 is 2.83 bits per heavy atom. The lowest BCUT2D eigenvalue weighted by Gasteiger charge is -2.21. The van der Waals surface area contributed by atoms with E-state index in [9.17, 15) is 0 Å². The highest BCUT2D eigenvalue weighted by Crippen LogP contribution is 2.20. The summed E-state index contributed by atoms with van der Waals surface area (Å²) >= 11 is 1.69. The predicted octanol–water partition coefficient (Wildman–Crippen LogP) is 3.82. The lowest BCUT2D eigenvalue weighted by atomic mass is 10.3. The van der Waals surface area contributed by atoms with Gasteiger partial charge in [-0.2, -0.15) is 0 Å². The van der Waals surface area contributed by atoms with Crippen LogP contribution in [0.25, 0.3) is 0 Å². The van der Waals surface area contributed by atoms with Crippen LogP contribution in [-0.4, -0.2) is 48.7 Å². The normalized spacial score (nSPS) is 15.4. The molecule has 0 aromatic carbocycles. The first-order valence-electron chi connectivity index (χ1n) is 8.71. The lowest BCUT2D eigenvalue weighted by molar-refractivity contribution is 0.0579. The number of rotatable bonds is 8. The zero-order valence-electron chi connectivity index (χ0n) is 15.1. The molecule has 1 fully saturated rings. The molecule has 1 heterocycles. The Morgan fingerprint density at radius 2 is 2.21 bits per heavy atom. The fourth-order valence-corrected chi connectivity index (χ4v) is 3.43. The Morgan fingerprint density at radius 1 is 1.46 bits per heavy atom. The van der Waals surface area contributed by atoms with Gasteiger partial charge in [0.1, 0.15) is 0 Å². The number of hydrogen-bond donors (Lipinski definition) is 1. The van der Waals surface area contributed by atoms with Gasteiger partial charge in [-0.3, -0.25) is 4.99 Å². The van der Waals surface area contributed by atoms with Crippen molar-refractivity contribution in [3.8, 4) is 0 Å². The molecule has 0 spiro atoms. The Balaban J connectivity index is 0.00000288. The molecule has 0 saturated heterocycles. The zero-order chi connectivity index (χ0) is 16.5. The van der Waals surface area contributed by atoms with E-state index >= 15 is 0 Å². The van der Waals surface area contributed by atoms with Crippen LogP contribution >= 0.6 is 35.3 Å². The lowest BCUT2D eigenvalue weighted by Crippen LogP contribution is -2.38. The monoisotopic (exact) mass is 466 g/mol. The van der Waals surface area contributed by atoms with Crippen molar-refractivity contribution < 1.29 is 4.74 Å². The Hall–Kier alpha value is -0.410. The summed E-state index contributed by atoms with van der Waals surface area (Å²) in [5.74, 6) is 0.944. The van der Waals surface area contributed by atoms with Gasteiger partial charge in [-0.25, -0.2) is 4.98 Å². The van der Waals surface area contributed by atoms with E-state index < -0.39 is 0 Å². The first-order valence-corrected chi connectivity index (χ1v) is 9.59. The number of thiazole rings is 1. The summed E-state index contributed by atoms with van der Waals surface area (Å²) in [7, 11) is 2.06. The maximum Gasteiger partial charge on any atom is 0.194 e. The van der Waals surface area contributed by atoms with Crippen LogP contribution < -0.4 is 5.32 Å². The van der Waals surface area contributed by atoms with Crippen molar-refractivity contribution >= 4 is 41.3 Å². The summed E-state index contributed by atoms with van der Waals surface area (Å²) in [6.45, 7) is 7.42. The number of halogens is 1. The predicted molar refractivity (Wildman–Crippen MR) is 113 cm³/mol. The summed E-state index contributed by atoms with van der Waals surface area (Å²) in [5, 5.41) is 6.58. The van der Waals surface area contributed by atoms with Crippen molar-refractivity contribution in [2.24, 2.45) is 4.99 Å². The second kappa shape index (κ2) is 12.0. The van der Waals surface area contributed by atoms with Crippen LogP contribution in [0.5, 0.6) is 0 Å². The maximum absolute atomic E-state index is 5.89. The van der Waals surface area contributed by atoms with Crippen LogP contribution in [-0.2, 0) is 11.3 Å². The number of guanidine groups is 1. The molecule has 1 aromatic heterocycles. The highest BCUT2D eigenvalue weighted by atomic mass is 127. The second-order valence-electron chi connectivity index (χ2n) is 6.08. The minimum absolute atomic E-state index is 0. The number of aromatic nitrogens is 1. The molecule has 24 heavy (non-hydrogen) atoms. The van der Waals surface area contributed by atoms with Crippen molar-refractivity contribution in [3.63, 3.8) is 0 Å². The molecule has 0 unspecified atom stereocenters. The average molecular weight is 466 g/mol. The minimum atomic E-state index is 0. The molecule has 5 nitrogen and oxygen atoms in total. The van der Waals surface area contributed by atoms with Gasteiger partial charge in [-0.15, -0.1) is 35.3 Å². The van der Waals surface area contributed by atoms with Crippen LogP contribution in [0.1, 0.15) is 49.7 Å². The highest BCUT2D eigenvalue weighted by molar-refractivity contribution is 14.0. The van der Waals surface area contributed by atoms with E-state index in [4.69, 9.17) is 9.73 Å². The van der Waals surface area contributed by atoms with Crippen LogP contribution in [0.3, 0.4) is 0 Å². The summed E-state index contributed by atoms with van der Waals surface area (Å²) in [5.41, 5.74) is 1.10. The molecular weight excluding hydrogens is 435 g/mol. The van der Waals surface area contributed by atoms with Gasteiger partial charge in [0.25, 0.3) is 0 Å². The van der Waals surface area contributed by atoms with Gasteiger partial charge in [-0.05, 0) is 33.1 Å². The van der Waals surface area contributed by atoms with Gasteiger partial charge in [0, 0.05) is 32.1 Å². The van der Waals surface area contributed by atoms with Crippen molar-refractivity contribution in [2.45, 2.75) is 58.6 Å². The standard InChI is InChI=1S/C17H30N4OS.HI/c1-4-18-17(21(3)12-15-13-23-14(2)20-15)19-10-7-11-22-16-8-5-6-9-16;/h13,16H,4-12H2,1-3H3,(H,18,19);1H. The SMILES string of the molecule is CCNC(=NCCCOC1CCCC1)N(C)Cc1csc(C)n1.I. The molecule has 0 amide bonds. The van der Waals surface area contributed by atoms with Crippen LogP contribution in [0.4, 0.5) is 0 Å². The van der Waals surface area contributed by atoms with Gasteiger partial charge in [-0.1, -0.05) is 12.8 Å². The van der Waals surface area contributed by atoms with Crippen LogP contribution in [0.15, 0.2) is 10.4 Å². The minimum Gasteiger partial charge on any atom is -0.378 e. The molecule has 1 aromatic rings. The third-order valence-corrected chi connectivity index (χ3v) is 4.80. The summed E-state index contributed by atoms with van der Waals surface area (Å²) in [6, 6.07) is 0. The quantitative estimate of drug-likeness (QED) is 0.274. The Bertz CT molecular complexity index is 489. The van der Waals surface area contributed by atoms with Gasteiger partial charge in [0.15, 0.2) is 5.96 Å². The third kappa shape index (κ3) is 7.65. The smallest absolute Gasteiger partial charge is 0.194 e. The number of hydrogen-bond acceptors (Lipinski definition) is 4. The molecule has 1 aliphatic rings. The average Bonchev–Trinajstić information content (AvgIpc) is 3.17. The Kier molecular flexibility index (Phi) is 10.8. The van der Waals surface area contributed by atoms with E-state index in [1.807, 2.05) is 6.92 Å². The molecule has 138 valence electrons. The first-order chi connectivity index (χ1) is 11.2. The topological polar surface area (TPSA) is 49.8 Å². The highest BCUT2D eigenvalue weighted by Gasteiger charge is 2.14. The number of ether oxygens (including phenoxy) is 1. The molecule has 0 atom stereocenters. The Labute approximate surface area is 167 Å². The van der Waals surface area contributed by atoms with Gasteiger partial charge < -0.3 is 15.0 Å². The van der Waals surface area contributed by atoms with Crippen molar-refractivity contribution in [2.75, 3.05) is 26.7 Å². The summed E-state index contributed by atoms with van der Waals surface area (Å²) in [4.78, 5) is 11.4. The van der Waals surface area contributed by atoms with E-state index in [0.29, 0.717) is 6.10 Å². The van der Waals surface area contributed by atoms with E-state index in [1.54, 1.807) is 11.3 Å². The van der Waals surface area contributed by atoms with Gasteiger partial charge in [0.05, 0.1) is 23.4 Å². The van der Waals surface area contributed by atoms with Gasteiger partial charge >= 0.3 is 0 Å². The second-order valence-corrected chi connectivity index (χ2v) is 7.14. The van der Waals surface area contributed by atoms with E-state index in [-0.39, 0.29) is 24.0 Å². The van der Waals surface area contributed by atoms with E-state index in [1.165, 1.54) is 25.7 Å². The summed E-state index contributed by atoms with van der Waals surface area (Å²) in [6.07, 6.45) is 6.61. The zero-order valence-corrected chi connectivity index (χ0v) is 18.2. The molecule has 0 radical (unpaired) electrons. The maximum atomic E-state index is 5.89. The molecule has 7 heteroatoms. The fraction of sp³-hybridized carbons (Fsp3) is 0.765. The summed E-state index contributed by atoms with van der Waals surface area (Å²) < 4.78 is 5.89. The number of aryl methyl sites for hydroxylation is 1. The van der Waals surface area contributed by atoms with E-state index in [2.05, 4.69) is 34.6 Å². The molecular formula is C17H31IN4OS. The van der Waals surface area contributed by atoms with Crippen molar-refractivity contribution in [1.82, 2.24) is 15.2 Å². The molecule has 0 bridgehead atoms. The van der Waals surface area contributed by atoms with Crippen LogP contribution in [0, 0.1) is 6.92 Å². The first kappa shape index (κ1) is 21.6. The fourth-order valence-electron chi connectivity index (χ4n) is 2.82. The number of aliphatic imine (C=N–C) groups is 1.